The Hall–Kier alpha value is -1.61. The van der Waals surface area contributed by atoms with E-state index in [1.165, 1.54) is 10.9 Å². The van der Waals surface area contributed by atoms with Crippen molar-refractivity contribution in [1.82, 2.24) is 4.98 Å². The van der Waals surface area contributed by atoms with Crippen LogP contribution in [0.5, 0.6) is 0 Å². The first-order chi connectivity index (χ1) is 7.11. The average Bonchev–Trinajstić information content (AvgIpc) is 2.66. The maximum absolute atomic E-state index is 9.66. The SMILES string of the molecule is CC(=O)C(=O)Cl.c1ccc2[nH]ccc2c1. The second-order valence-electron chi connectivity index (χ2n) is 2.89. The van der Waals surface area contributed by atoms with Crippen molar-refractivity contribution in [2.75, 3.05) is 0 Å². The molecule has 15 heavy (non-hydrogen) atoms. The maximum Gasteiger partial charge on any atom is 0.287 e. The molecule has 0 saturated heterocycles. The molecule has 0 unspecified atom stereocenters. The molecule has 1 aromatic heterocycles. The van der Waals surface area contributed by atoms with Crippen LogP contribution in [0.2, 0.25) is 0 Å². The number of ketones is 1. The largest absolute Gasteiger partial charge is 0.361 e. The normalized spacial score (nSPS) is 9.20. The predicted octanol–water partition coefficient (Wildman–Crippen LogP) is 2.51. The zero-order valence-electron chi connectivity index (χ0n) is 8.16. The summed E-state index contributed by atoms with van der Waals surface area (Å²) in [4.78, 5) is 22.3. The van der Waals surface area contributed by atoms with E-state index in [0.717, 1.165) is 6.92 Å². The Morgan fingerprint density at radius 2 is 1.80 bits per heavy atom. The second kappa shape index (κ2) is 5.32. The third kappa shape index (κ3) is 3.56. The molecule has 0 aliphatic rings. The summed E-state index contributed by atoms with van der Waals surface area (Å²) >= 11 is 4.62. The lowest BCUT2D eigenvalue weighted by Crippen LogP contribution is -1.98. The lowest BCUT2D eigenvalue weighted by atomic mass is 10.3. The fraction of sp³-hybridized carbons (Fsp3) is 0.0909. The van der Waals surface area contributed by atoms with E-state index in [1.807, 2.05) is 18.3 Å². The van der Waals surface area contributed by atoms with Crippen molar-refractivity contribution >= 4 is 33.5 Å². The number of H-pyrrole nitrogens is 1. The van der Waals surface area contributed by atoms with Crippen LogP contribution in [0.25, 0.3) is 10.9 Å². The van der Waals surface area contributed by atoms with Crippen LogP contribution >= 0.6 is 11.6 Å². The summed E-state index contributed by atoms with van der Waals surface area (Å²) in [5.74, 6) is -0.614. The summed E-state index contributed by atoms with van der Waals surface area (Å²) in [6.07, 6.45) is 1.95. The Labute approximate surface area is 92.0 Å². The number of carbonyl (C=O) groups is 2. The van der Waals surface area contributed by atoms with E-state index < -0.39 is 11.0 Å². The minimum atomic E-state index is -0.907. The van der Waals surface area contributed by atoms with Gasteiger partial charge in [0.2, 0.25) is 5.78 Å². The molecule has 0 aliphatic carbocycles. The summed E-state index contributed by atoms with van der Waals surface area (Å²) in [6, 6.07) is 10.3. The van der Waals surface area contributed by atoms with Crippen LogP contribution < -0.4 is 0 Å². The van der Waals surface area contributed by atoms with Gasteiger partial charge >= 0.3 is 0 Å². The molecule has 0 atom stereocenters. The first-order valence-electron chi connectivity index (χ1n) is 4.34. The molecule has 4 heteroatoms. The number of rotatable bonds is 1. The van der Waals surface area contributed by atoms with Gasteiger partial charge in [0, 0.05) is 18.6 Å². The number of aromatic amines is 1. The van der Waals surface area contributed by atoms with Gasteiger partial charge in [-0.25, -0.2) is 0 Å². The van der Waals surface area contributed by atoms with Gasteiger partial charge in [0.15, 0.2) is 0 Å². The van der Waals surface area contributed by atoms with Crippen molar-refractivity contribution in [2.45, 2.75) is 6.92 Å². The molecule has 2 rings (SSSR count). The monoisotopic (exact) mass is 223 g/mol. The Balaban J connectivity index is 0.000000167. The number of nitrogens with one attached hydrogen (secondary N) is 1. The molecule has 0 radical (unpaired) electrons. The number of aromatic nitrogens is 1. The third-order valence-corrected chi connectivity index (χ3v) is 2.01. The molecule has 0 amide bonds. The first-order valence-corrected chi connectivity index (χ1v) is 4.71. The van der Waals surface area contributed by atoms with Crippen molar-refractivity contribution < 1.29 is 9.59 Å². The van der Waals surface area contributed by atoms with E-state index >= 15 is 0 Å². The van der Waals surface area contributed by atoms with Crippen LogP contribution in [0.1, 0.15) is 6.92 Å². The van der Waals surface area contributed by atoms with E-state index in [0.29, 0.717) is 0 Å². The number of para-hydroxylation sites is 1. The summed E-state index contributed by atoms with van der Waals surface area (Å²) < 4.78 is 0. The number of carbonyl (C=O) groups excluding carboxylic acids is 2. The summed E-state index contributed by atoms with van der Waals surface area (Å²) in [6.45, 7) is 1.12. The highest BCUT2D eigenvalue weighted by molar-refractivity contribution is 6.80. The van der Waals surface area contributed by atoms with Crippen molar-refractivity contribution in [3.63, 3.8) is 0 Å². The number of halogens is 1. The first kappa shape index (κ1) is 11.5. The van der Waals surface area contributed by atoms with Crippen molar-refractivity contribution in [3.8, 4) is 0 Å². The molecule has 1 aromatic carbocycles. The average molecular weight is 224 g/mol. The number of hydrogen-bond donors (Lipinski definition) is 1. The van der Waals surface area contributed by atoms with Gasteiger partial charge in [-0.2, -0.15) is 0 Å². The van der Waals surface area contributed by atoms with Gasteiger partial charge < -0.3 is 4.98 Å². The molecular weight excluding hydrogens is 214 g/mol. The number of Topliss-reactive ketones (excluding diaryl/α,β-unsaturated/α-hetero) is 1. The Morgan fingerprint density at radius 1 is 1.20 bits per heavy atom. The number of fused-ring (bicyclic) bond motifs is 1. The van der Waals surface area contributed by atoms with E-state index in [1.54, 1.807) is 0 Å². The van der Waals surface area contributed by atoms with Crippen molar-refractivity contribution in [3.05, 3.63) is 36.5 Å². The highest BCUT2D eigenvalue weighted by atomic mass is 35.5. The molecule has 0 saturated carbocycles. The summed E-state index contributed by atoms with van der Waals surface area (Å²) in [5.41, 5.74) is 1.21. The molecule has 78 valence electrons. The van der Waals surface area contributed by atoms with E-state index in [2.05, 4.69) is 34.8 Å². The zero-order chi connectivity index (χ0) is 11.3. The standard InChI is InChI=1S/C8H7N.C3H3ClO2/c1-2-4-8-7(3-1)5-6-9-8;1-2(5)3(4)6/h1-6,9H;1H3. The van der Waals surface area contributed by atoms with Gasteiger partial charge in [0.25, 0.3) is 5.24 Å². The van der Waals surface area contributed by atoms with Crippen LogP contribution in [0, 0.1) is 0 Å². The number of benzene rings is 1. The van der Waals surface area contributed by atoms with E-state index in [9.17, 15) is 9.59 Å². The maximum atomic E-state index is 9.66. The van der Waals surface area contributed by atoms with Crippen molar-refractivity contribution in [1.29, 1.82) is 0 Å². The third-order valence-electron chi connectivity index (χ3n) is 1.74. The van der Waals surface area contributed by atoms with Crippen LogP contribution in [-0.2, 0) is 9.59 Å². The minimum absolute atomic E-state index is 0.614. The lowest BCUT2D eigenvalue weighted by molar-refractivity contribution is -0.130. The molecule has 0 bridgehead atoms. The summed E-state index contributed by atoms with van der Waals surface area (Å²) in [7, 11) is 0. The Kier molecular flexibility index (Phi) is 4.06. The van der Waals surface area contributed by atoms with Gasteiger partial charge in [-0.05, 0) is 29.1 Å². The molecule has 3 nitrogen and oxygen atoms in total. The quantitative estimate of drug-likeness (QED) is 0.597. The van der Waals surface area contributed by atoms with Gasteiger partial charge in [0.1, 0.15) is 0 Å². The molecule has 1 N–H and O–H groups in total. The minimum Gasteiger partial charge on any atom is -0.361 e. The highest BCUT2D eigenvalue weighted by Crippen LogP contribution is 2.09. The predicted molar refractivity (Wildman–Crippen MR) is 59.8 cm³/mol. The molecule has 0 aliphatic heterocycles. The second-order valence-corrected chi connectivity index (χ2v) is 3.24. The molecular formula is C11H10ClNO2. The Bertz CT molecular complexity index is 434. The van der Waals surface area contributed by atoms with Gasteiger partial charge in [-0.15, -0.1) is 0 Å². The Morgan fingerprint density at radius 3 is 2.33 bits per heavy atom. The van der Waals surface area contributed by atoms with E-state index in [4.69, 9.17) is 0 Å². The molecule has 1 heterocycles. The molecule has 2 aromatic rings. The summed E-state index contributed by atoms with van der Waals surface area (Å²) in [5, 5.41) is 0.368. The van der Waals surface area contributed by atoms with Crippen molar-refractivity contribution in [2.24, 2.45) is 0 Å². The highest BCUT2D eigenvalue weighted by Gasteiger charge is 1.98. The fourth-order valence-corrected chi connectivity index (χ4v) is 0.995. The molecule has 0 fully saturated rings. The lowest BCUT2D eigenvalue weighted by Gasteiger charge is -1.83. The molecule has 0 spiro atoms. The number of hydrogen-bond acceptors (Lipinski definition) is 2. The topological polar surface area (TPSA) is 49.9 Å². The van der Waals surface area contributed by atoms with Crippen LogP contribution in [-0.4, -0.2) is 16.0 Å². The van der Waals surface area contributed by atoms with Crippen LogP contribution in [0.3, 0.4) is 0 Å². The van der Waals surface area contributed by atoms with Gasteiger partial charge in [0.05, 0.1) is 0 Å². The fourth-order valence-electron chi connectivity index (χ4n) is 0.995. The van der Waals surface area contributed by atoms with Crippen LogP contribution in [0.4, 0.5) is 0 Å². The van der Waals surface area contributed by atoms with Crippen LogP contribution in [0.15, 0.2) is 36.5 Å². The van der Waals surface area contributed by atoms with Gasteiger partial charge in [-0.3, -0.25) is 9.59 Å². The van der Waals surface area contributed by atoms with Gasteiger partial charge in [-0.1, -0.05) is 18.2 Å². The zero-order valence-corrected chi connectivity index (χ0v) is 8.91. The van der Waals surface area contributed by atoms with E-state index in [-0.39, 0.29) is 0 Å². The smallest absolute Gasteiger partial charge is 0.287 e.